The fraction of sp³-hybridized carbons (Fsp3) is 0.750. The van der Waals surface area contributed by atoms with E-state index in [1.165, 1.54) is 5.56 Å². The Kier molecular flexibility index (Phi) is 3.37. The van der Waals surface area contributed by atoms with Crippen LogP contribution < -0.4 is 0 Å². The minimum atomic E-state index is -0.870. The summed E-state index contributed by atoms with van der Waals surface area (Å²) in [5.41, 5.74) is 1.46. The van der Waals surface area contributed by atoms with Crippen molar-refractivity contribution >= 4 is 5.78 Å². The average molecular weight is 332 g/mol. The van der Waals surface area contributed by atoms with Crippen LogP contribution in [0.1, 0.15) is 57.6 Å². The lowest BCUT2D eigenvalue weighted by Gasteiger charge is -2.64. The van der Waals surface area contributed by atoms with Crippen molar-refractivity contribution in [1.82, 2.24) is 0 Å². The van der Waals surface area contributed by atoms with Crippen LogP contribution in [-0.2, 0) is 16.6 Å². The Labute approximate surface area is 143 Å². The number of aliphatic hydroxyl groups excluding tert-OH is 2. The van der Waals surface area contributed by atoms with E-state index in [4.69, 9.17) is 4.42 Å². The number of hydrogen-bond acceptors (Lipinski definition) is 4. The first-order chi connectivity index (χ1) is 11.3. The second-order valence-electron chi connectivity index (χ2n) is 9.18. The predicted octanol–water partition coefficient (Wildman–Crippen LogP) is 2.85. The Bertz CT molecular complexity index is 675. The minimum Gasteiger partial charge on any atom is -0.472 e. The molecule has 1 heterocycles. The first-order valence-corrected chi connectivity index (χ1v) is 9.14. The number of furan rings is 1. The zero-order valence-electron chi connectivity index (χ0n) is 14.8. The Morgan fingerprint density at radius 3 is 2.67 bits per heavy atom. The zero-order chi connectivity index (χ0) is 17.3. The van der Waals surface area contributed by atoms with Crippen LogP contribution in [0, 0.1) is 22.7 Å². The SMILES string of the molecule is CC1(C)[C@H](O)C(=O)C[C@@]2(C)[C@H]1CC[C@@]1(CO)c3cocc3CC[C@@H]12. The first-order valence-electron chi connectivity index (χ1n) is 9.14. The Balaban J connectivity index is 1.85. The van der Waals surface area contributed by atoms with Gasteiger partial charge in [0, 0.05) is 22.8 Å². The van der Waals surface area contributed by atoms with Crippen LogP contribution in [0.15, 0.2) is 16.9 Å². The van der Waals surface area contributed by atoms with Gasteiger partial charge in [0.1, 0.15) is 6.10 Å². The van der Waals surface area contributed by atoms with Gasteiger partial charge < -0.3 is 14.6 Å². The average Bonchev–Trinajstić information content (AvgIpc) is 3.02. The molecule has 0 aromatic carbocycles. The summed E-state index contributed by atoms with van der Waals surface area (Å²) >= 11 is 0. The lowest BCUT2D eigenvalue weighted by atomic mass is 9.40. The number of ketones is 1. The molecule has 0 aliphatic heterocycles. The molecule has 4 rings (SSSR count). The molecule has 2 N–H and O–H groups in total. The maximum absolute atomic E-state index is 12.6. The number of aryl methyl sites for hydroxylation is 1. The van der Waals surface area contributed by atoms with Gasteiger partial charge in [-0.25, -0.2) is 0 Å². The summed E-state index contributed by atoms with van der Waals surface area (Å²) in [4.78, 5) is 12.6. The highest BCUT2D eigenvalue weighted by Gasteiger charge is 2.64. The van der Waals surface area contributed by atoms with Crippen molar-refractivity contribution in [2.24, 2.45) is 22.7 Å². The van der Waals surface area contributed by atoms with E-state index in [1.807, 2.05) is 26.4 Å². The molecule has 1 aromatic rings. The van der Waals surface area contributed by atoms with E-state index in [9.17, 15) is 15.0 Å². The Morgan fingerprint density at radius 1 is 1.21 bits per heavy atom. The van der Waals surface area contributed by atoms with E-state index in [0.717, 1.165) is 31.2 Å². The van der Waals surface area contributed by atoms with E-state index >= 15 is 0 Å². The van der Waals surface area contributed by atoms with E-state index in [1.54, 1.807) is 0 Å². The molecule has 132 valence electrons. The van der Waals surface area contributed by atoms with Gasteiger partial charge in [0.15, 0.2) is 5.78 Å². The van der Waals surface area contributed by atoms with Gasteiger partial charge in [-0.2, -0.15) is 0 Å². The van der Waals surface area contributed by atoms with Crippen molar-refractivity contribution < 1.29 is 19.4 Å². The number of Topliss-reactive ketones (excluding diaryl/α,β-unsaturated/α-hetero) is 1. The summed E-state index contributed by atoms with van der Waals surface area (Å²) < 4.78 is 5.47. The number of aliphatic hydroxyl groups is 2. The van der Waals surface area contributed by atoms with E-state index in [0.29, 0.717) is 6.42 Å². The highest BCUT2D eigenvalue weighted by atomic mass is 16.3. The van der Waals surface area contributed by atoms with Gasteiger partial charge in [-0.3, -0.25) is 4.79 Å². The number of fused-ring (bicyclic) bond motifs is 5. The highest BCUT2D eigenvalue weighted by molar-refractivity contribution is 5.85. The van der Waals surface area contributed by atoms with E-state index in [-0.39, 0.29) is 35.1 Å². The molecule has 24 heavy (non-hydrogen) atoms. The smallest absolute Gasteiger partial charge is 0.162 e. The van der Waals surface area contributed by atoms with Crippen LogP contribution in [0.5, 0.6) is 0 Å². The van der Waals surface area contributed by atoms with Crippen LogP contribution in [0.3, 0.4) is 0 Å². The fourth-order valence-electron chi connectivity index (χ4n) is 6.78. The van der Waals surface area contributed by atoms with Crippen LogP contribution in [-0.4, -0.2) is 28.7 Å². The number of carbonyl (C=O) groups is 1. The predicted molar refractivity (Wildman–Crippen MR) is 89.5 cm³/mol. The number of carbonyl (C=O) groups excluding carboxylic acids is 1. The second-order valence-corrected chi connectivity index (χ2v) is 9.18. The molecule has 4 heteroatoms. The second kappa shape index (κ2) is 4.95. The molecular formula is C20H28O4. The molecule has 2 fully saturated rings. The quantitative estimate of drug-likeness (QED) is 0.829. The zero-order valence-corrected chi connectivity index (χ0v) is 14.8. The van der Waals surface area contributed by atoms with Crippen molar-refractivity contribution in [1.29, 1.82) is 0 Å². The maximum atomic E-state index is 12.6. The molecule has 3 aliphatic rings. The molecular weight excluding hydrogens is 304 g/mol. The van der Waals surface area contributed by atoms with Gasteiger partial charge in [0.05, 0.1) is 19.1 Å². The van der Waals surface area contributed by atoms with E-state index < -0.39 is 11.5 Å². The molecule has 0 radical (unpaired) electrons. The summed E-state index contributed by atoms with van der Waals surface area (Å²) in [5, 5.41) is 20.9. The van der Waals surface area contributed by atoms with Gasteiger partial charge in [-0.1, -0.05) is 20.8 Å². The molecule has 0 bridgehead atoms. The molecule has 0 saturated heterocycles. The van der Waals surface area contributed by atoms with Crippen molar-refractivity contribution in [2.75, 3.05) is 6.61 Å². The largest absolute Gasteiger partial charge is 0.472 e. The number of hydrogen-bond donors (Lipinski definition) is 2. The Morgan fingerprint density at radius 2 is 1.96 bits per heavy atom. The third-order valence-electron chi connectivity index (χ3n) is 7.86. The van der Waals surface area contributed by atoms with Crippen molar-refractivity contribution in [3.05, 3.63) is 23.7 Å². The van der Waals surface area contributed by atoms with Crippen molar-refractivity contribution in [3.8, 4) is 0 Å². The molecule has 2 saturated carbocycles. The van der Waals surface area contributed by atoms with Gasteiger partial charge in [0.2, 0.25) is 0 Å². The molecule has 1 aromatic heterocycles. The Hall–Kier alpha value is -1.13. The normalized spacial score (nSPS) is 43.7. The lowest BCUT2D eigenvalue weighted by Crippen LogP contribution is -2.64. The standard InChI is InChI=1S/C20H28O4/c1-18(2)15-6-7-20(11-21)13-10-24-9-12(13)4-5-16(20)19(15,3)8-14(22)17(18)23/h9-10,15-17,21,23H,4-8,11H2,1-3H3/t15-,16+,17+,19-,20+/m0/s1. The summed E-state index contributed by atoms with van der Waals surface area (Å²) in [7, 11) is 0. The molecule has 3 aliphatic carbocycles. The van der Waals surface area contributed by atoms with Gasteiger partial charge >= 0.3 is 0 Å². The summed E-state index contributed by atoms with van der Waals surface area (Å²) in [6.07, 6.45) is 6.91. The van der Waals surface area contributed by atoms with Crippen LogP contribution >= 0.6 is 0 Å². The van der Waals surface area contributed by atoms with E-state index in [2.05, 4.69) is 6.92 Å². The summed E-state index contributed by atoms with van der Waals surface area (Å²) in [5.74, 6) is 0.496. The lowest BCUT2D eigenvalue weighted by molar-refractivity contribution is -0.178. The maximum Gasteiger partial charge on any atom is 0.162 e. The molecule has 0 amide bonds. The summed E-state index contributed by atoms with van der Waals surface area (Å²) in [6, 6.07) is 0. The van der Waals surface area contributed by atoms with Gasteiger partial charge in [-0.15, -0.1) is 0 Å². The third kappa shape index (κ3) is 1.79. The highest BCUT2D eigenvalue weighted by Crippen LogP contribution is 2.66. The van der Waals surface area contributed by atoms with Crippen LogP contribution in [0.4, 0.5) is 0 Å². The molecule has 0 unspecified atom stereocenters. The number of rotatable bonds is 1. The van der Waals surface area contributed by atoms with Crippen LogP contribution in [0.25, 0.3) is 0 Å². The van der Waals surface area contributed by atoms with Crippen LogP contribution in [0.2, 0.25) is 0 Å². The van der Waals surface area contributed by atoms with Crippen molar-refractivity contribution in [2.45, 2.75) is 64.4 Å². The van der Waals surface area contributed by atoms with Gasteiger partial charge in [0.25, 0.3) is 0 Å². The van der Waals surface area contributed by atoms with Gasteiger partial charge in [-0.05, 0) is 48.5 Å². The first kappa shape index (κ1) is 16.3. The summed E-state index contributed by atoms with van der Waals surface area (Å²) in [6.45, 7) is 6.40. The van der Waals surface area contributed by atoms with Crippen molar-refractivity contribution in [3.63, 3.8) is 0 Å². The third-order valence-corrected chi connectivity index (χ3v) is 7.86. The fourth-order valence-corrected chi connectivity index (χ4v) is 6.78. The topological polar surface area (TPSA) is 70.7 Å². The molecule has 5 atom stereocenters. The molecule has 4 nitrogen and oxygen atoms in total. The monoisotopic (exact) mass is 332 g/mol. The minimum absolute atomic E-state index is 0.0366. The molecule has 0 spiro atoms.